The summed E-state index contributed by atoms with van der Waals surface area (Å²) in [6.45, 7) is 4.45. The van der Waals surface area contributed by atoms with Crippen LogP contribution >= 0.6 is 11.6 Å². The van der Waals surface area contributed by atoms with Gasteiger partial charge in [-0.05, 0) is 67.3 Å². The molecule has 0 spiro atoms. The van der Waals surface area contributed by atoms with Crippen molar-refractivity contribution in [3.8, 4) is 16.8 Å². The maximum atomic E-state index is 12.3. The predicted octanol–water partition coefficient (Wildman–Crippen LogP) is 5.29. The van der Waals surface area contributed by atoms with E-state index in [0.717, 1.165) is 40.2 Å². The molecule has 2 amide bonds. The number of urea groups is 1. The minimum atomic E-state index is -3.97. The van der Waals surface area contributed by atoms with Crippen LogP contribution in [0.5, 0.6) is 0 Å². The highest BCUT2D eigenvalue weighted by molar-refractivity contribution is 7.90. The molecule has 0 aliphatic rings. The molecule has 4 aromatic rings. The number of aromatic nitrogens is 2. The molecule has 1 heterocycles. The van der Waals surface area contributed by atoms with Gasteiger partial charge < -0.3 is 5.32 Å². The zero-order chi connectivity index (χ0) is 25.7. The molecule has 0 fully saturated rings. The van der Waals surface area contributed by atoms with Crippen LogP contribution in [0.25, 0.3) is 16.8 Å². The van der Waals surface area contributed by atoms with E-state index < -0.39 is 16.1 Å². The zero-order valence-electron chi connectivity index (χ0n) is 20.0. The summed E-state index contributed by atoms with van der Waals surface area (Å²) in [5.74, 6) is 0. The van der Waals surface area contributed by atoms with Gasteiger partial charge in [0.05, 0.1) is 16.3 Å². The maximum absolute atomic E-state index is 12.3. The molecule has 9 heteroatoms. The molecule has 186 valence electrons. The van der Waals surface area contributed by atoms with Crippen molar-refractivity contribution >= 4 is 27.7 Å². The normalized spacial score (nSPS) is 11.3. The smallest absolute Gasteiger partial charge is 0.328 e. The summed E-state index contributed by atoms with van der Waals surface area (Å²) >= 11 is 5.79. The van der Waals surface area contributed by atoms with E-state index in [9.17, 15) is 13.2 Å². The summed E-state index contributed by atoms with van der Waals surface area (Å²) in [5, 5.41) is 7.84. The molecular formula is C27H27ClN4O3S. The van der Waals surface area contributed by atoms with Crippen molar-refractivity contribution in [1.82, 2.24) is 19.8 Å². The van der Waals surface area contributed by atoms with Crippen LogP contribution in [0, 0.1) is 6.92 Å². The Kier molecular flexibility index (Phi) is 7.76. The van der Waals surface area contributed by atoms with E-state index in [2.05, 4.69) is 31.3 Å². The number of hydrogen-bond donors (Lipinski definition) is 2. The van der Waals surface area contributed by atoms with Crippen LogP contribution in [0.1, 0.15) is 23.9 Å². The molecule has 0 bridgehead atoms. The first-order chi connectivity index (χ1) is 17.3. The van der Waals surface area contributed by atoms with E-state index in [1.807, 2.05) is 51.9 Å². The Morgan fingerprint density at radius 2 is 1.64 bits per heavy atom. The van der Waals surface area contributed by atoms with Crippen molar-refractivity contribution in [3.05, 3.63) is 101 Å². The lowest BCUT2D eigenvalue weighted by atomic mass is 10.0. The molecule has 0 aliphatic carbocycles. The number of halogens is 1. The highest BCUT2D eigenvalue weighted by atomic mass is 35.5. The summed E-state index contributed by atoms with van der Waals surface area (Å²) in [7, 11) is -3.97. The molecular weight excluding hydrogens is 496 g/mol. The van der Waals surface area contributed by atoms with Crippen molar-refractivity contribution in [2.75, 3.05) is 6.54 Å². The van der Waals surface area contributed by atoms with Gasteiger partial charge in [-0.1, -0.05) is 61.0 Å². The van der Waals surface area contributed by atoms with E-state index in [-0.39, 0.29) is 11.4 Å². The number of hydrogen-bond acceptors (Lipinski definition) is 4. The third kappa shape index (κ3) is 5.78. The average Bonchev–Trinajstić information content (AvgIpc) is 3.21. The predicted molar refractivity (Wildman–Crippen MR) is 142 cm³/mol. The Balaban J connectivity index is 1.38. The molecule has 1 aromatic heterocycles. The van der Waals surface area contributed by atoms with Gasteiger partial charge in [-0.2, -0.15) is 5.10 Å². The SMILES string of the molecule is CCc1nn(-c2ccc(CCNC(=O)NS(=O)(=O)c3ccc(Cl)cc3)cc2)c(C)c1-c1ccccc1. The first-order valence-corrected chi connectivity index (χ1v) is 13.4. The molecule has 0 radical (unpaired) electrons. The molecule has 0 aliphatic heterocycles. The fourth-order valence-corrected chi connectivity index (χ4v) is 5.05. The Morgan fingerprint density at radius 1 is 0.972 bits per heavy atom. The molecule has 0 saturated carbocycles. The Hall–Kier alpha value is -3.62. The van der Waals surface area contributed by atoms with Crippen LogP contribution in [-0.2, 0) is 22.9 Å². The molecule has 3 aromatic carbocycles. The Morgan fingerprint density at radius 3 is 2.28 bits per heavy atom. The van der Waals surface area contributed by atoms with Crippen LogP contribution in [0.2, 0.25) is 5.02 Å². The van der Waals surface area contributed by atoms with Crippen molar-refractivity contribution in [3.63, 3.8) is 0 Å². The summed E-state index contributed by atoms with van der Waals surface area (Å²) in [6, 6.07) is 23.0. The van der Waals surface area contributed by atoms with Crippen LogP contribution < -0.4 is 10.0 Å². The van der Waals surface area contributed by atoms with Gasteiger partial charge in [0.2, 0.25) is 0 Å². The Bertz CT molecular complexity index is 1450. The van der Waals surface area contributed by atoms with Crippen LogP contribution in [0.15, 0.2) is 83.8 Å². The van der Waals surface area contributed by atoms with Gasteiger partial charge in [0.15, 0.2) is 0 Å². The second-order valence-electron chi connectivity index (χ2n) is 8.27. The fourth-order valence-electron chi connectivity index (χ4n) is 3.99. The first kappa shape index (κ1) is 25.5. The van der Waals surface area contributed by atoms with Crippen LogP contribution in [0.4, 0.5) is 4.79 Å². The zero-order valence-corrected chi connectivity index (χ0v) is 21.6. The van der Waals surface area contributed by atoms with E-state index in [4.69, 9.17) is 16.7 Å². The van der Waals surface area contributed by atoms with Gasteiger partial charge in [0, 0.05) is 22.8 Å². The number of amides is 2. The largest absolute Gasteiger partial charge is 0.337 e. The maximum Gasteiger partial charge on any atom is 0.328 e. The summed E-state index contributed by atoms with van der Waals surface area (Å²) in [5.41, 5.74) is 6.39. The Labute approximate surface area is 216 Å². The number of carbonyl (C=O) groups is 1. The molecule has 0 saturated heterocycles. The average molecular weight is 523 g/mol. The van der Waals surface area contributed by atoms with Gasteiger partial charge in [-0.15, -0.1) is 0 Å². The lowest BCUT2D eigenvalue weighted by molar-refractivity contribution is 0.246. The molecule has 0 atom stereocenters. The van der Waals surface area contributed by atoms with Gasteiger partial charge in [-0.3, -0.25) is 0 Å². The first-order valence-electron chi connectivity index (χ1n) is 11.6. The van der Waals surface area contributed by atoms with E-state index >= 15 is 0 Å². The summed E-state index contributed by atoms with van der Waals surface area (Å²) in [4.78, 5) is 12.1. The van der Waals surface area contributed by atoms with Crippen molar-refractivity contribution in [2.24, 2.45) is 0 Å². The number of rotatable bonds is 8. The third-order valence-electron chi connectivity index (χ3n) is 5.82. The second-order valence-corrected chi connectivity index (χ2v) is 10.4. The van der Waals surface area contributed by atoms with Crippen molar-refractivity contribution in [1.29, 1.82) is 0 Å². The standard InChI is InChI=1S/C27H27ClN4O3S/c1-3-25-26(21-7-5-4-6-8-21)19(2)32(30-25)23-13-9-20(10-14-23)17-18-29-27(33)31-36(34,35)24-15-11-22(28)12-16-24/h4-16H,3,17-18H2,1-2H3,(H2,29,31,33). The van der Waals surface area contributed by atoms with E-state index in [1.165, 1.54) is 24.3 Å². The topological polar surface area (TPSA) is 93.1 Å². The number of nitrogens with one attached hydrogen (secondary N) is 2. The fraction of sp³-hybridized carbons (Fsp3) is 0.185. The lowest BCUT2D eigenvalue weighted by Crippen LogP contribution is -2.40. The van der Waals surface area contributed by atoms with E-state index in [0.29, 0.717) is 11.4 Å². The number of benzene rings is 3. The number of carbonyl (C=O) groups excluding carboxylic acids is 1. The molecule has 36 heavy (non-hydrogen) atoms. The van der Waals surface area contributed by atoms with E-state index in [1.54, 1.807) is 0 Å². The highest BCUT2D eigenvalue weighted by Gasteiger charge is 2.18. The molecule has 4 rings (SSSR count). The number of aryl methyl sites for hydroxylation is 1. The van der Waals surface area contributed by atoms with Gasteiger partial charge in [-0.25, -0.2) is 22.6 Å². The van der Waals surface area contributed by atoms with Gasteiger partial charge in [0.1, 0.15) is 0 Å². The monoisotopic (exact) mass is 522 g/mol. The minimum absolute atomic E-state index is 0.0341. The minimum Gasteiger partial charge on any atom is -0.337 e. The lowest BCUT2D eigenvalue weighted by Gasteiger charge is -2.10. The van der Waals surface area contributed by atoms with Crippen molar-refractivity contribution in [2.45, 2.75) is 31.6 Å². The van der Waals surface area contributed by atoms with Gasteiger partial charge in [0.25, 0.3) is 10.0 Å². The van der Waals surface area contributed by atoms with Gasteiger partial charge >= 0.3 is 6.03 Å². The van der Waals surface area contributed by atoms with Crippen molar-refractivity contribution < 1.29 is 13.2 Å². The third-order valence-corrected chi connectivity index (χ3v) is 7.42. The highest BCUT2D eigenvalue weighted by Crippen LogP contribution is 2.29. The quantitative estimate of drug-likeness (QED) is 0.328. The van der Waals surface area contributed by atoms with Crippen LogP contribution in [0.3, 0.4) is 0 Å². The number of nitrogens with zero attached hydrogens (tertiary/aromatic N) is 2. The number of sulfonamides is 1. The summed E-state index contributed by atoms with van der Waals surface area (Å²) in [6.07, 6.45) is 1.37. The second kappa shape index (κ2) is 11.0. The molecule has 2 N–H and O–H groups in total. The molecule has 0 unspecified atom stereocenters. The summed E-state index contributed by atoms with van der Waals surface area (Å²) < 4.78 is 28.6. The van der Waals surface area contributed by atoms with Crippen LogP contribution in [-0.4, -0.2) is 30.8 Å². The molecule has 7 nitrogen and oxygen atoms in total.